The molecule has 5 nitrogen and oxygen atoms in total. The molecule has 0 unspecified atom stereocenters. The zero-order valence-corrected chi connectivity index (χ0v) is 15.0. The molecule has 5 heteroatoms. The van der Waals surface area contributed by atoms with Gasteiger partial charge in [-0.25, -0.2) is 4.79 Å². The number of rotatable bonds is 4. The van der Waals surface area contributed by atoms with E-state index < -0.39 is 5.97 Å². The van der Waals surface area contributed by atoms with Crippen LogP contribution in [0.1, 0.15) is 53.6 Å². The SMILES string of the molecule is O=C1Nc2cc(C(=O)O)ccc2/C1=C(/NC1CCCCC1)c1ccccc1. The zero-order chi connectivity index (χ0) is 18.8. The number of amides is 1. The van der Waals surface area contributed by atoms with Crippen LogP contribution in [-0.4, -0.2) is 23.0 Å². The number of carboxylic acids is 1. The first-order valence-corrected chi connectivity index (χ1v) is 9.39. The molecule has 1 heterocycles. The van der Waals surface area contributed by atoms with Crippen molar-refractivity contribution < 1.29 is 14.7 Å². The first kappa shape index (κ1) is 17.3. The summed E-state index contributed by atoms with van der Waals surface area (Å²) in [5.74, 6) is -1.21. The Morgan fingerprint density at radius 3 is 2.44 bits per heavy atom. The molecule has 1 aliphatic heterocycles. The van der Waals surface area contributed by atoms with Crippen LogP contribution in [0.4, 0.5) is 5.69 Å². The molecule has 0 saturated heterocycles. The third-order valence-electron chi connectivity index (χ3n) is 5.28. The standard InChI is InChI=1S/C22H22N2O3/c25-21-19(17-12-11-15(22(26)27)13-18(17)24-21)20(14-7-3-1-4-8-14)23-16-9-5-2-6-10-16/h1,3-4,7-8,11-13,16,23H,2,5-6,9-10H2,(H,24,25)(H,26,27)/b20-19-. The van der Waals surface area contributed by atoms with Crippen molar-refractivity contribution in [3.63, 3.8) is 0 Å². The molecule has 2 aliphatic rings. The Morgan fingerprint density at radius 1 is 1.00 bits per heavy atom. The Morgan fingerprint density at radius 2 is 1.74 bits per heavy atom. The maximum absolute atomic E-state index is 12.8. The minimum atomic E-state index is -1.01. The number of anilines is 1. The maximum atomic E-state index is 12.8. The van der Waals surface area contributed by atoms with Gasteiger partial charge in [-0.15, -0.1) is 0 Å². The van der Waals surface area contributed by atoms with E-state index in [1.54, 1.807) is 12.1 Å². The van der Waals surface area contributed by atoms with Crippen molar-refractivity contribution in [2.45, 2.75) is 38.1 Å². The highest BCUT2D eigenvalue weighted by atomic mass is 16.4. The van der Waals surface area contributed by atoms with Crippen LogP contribution in [0.15, 0.2) is 48.5 Å². The van der Waals surface area contributed by atoms with Crippen LogP contribution in [0, 0.1) is 0 Å². The van der Waals surface area contributed by atoms with E-state index in [9.17, 15) is 14.7 Å². The molecule has 1 aliphatic carbocycles. The van der Waals surface area contributed by atoms with Crippen molar-refractivity contribution in [2.24, 2.45) is 0 Å². The molecule has 0 bridgehead atoms. The summed E-state index contributed by atoms with van der Waals surface area (Å²) in [6, 6.07) is 15.0. The highest BCUT2D eigenvalue weighted by Gasteiger charge is 2.30. The van der Waals surface area contributed by atoms with Gasteiger partial charge in [-0.05, 0) is 30.5 Å². The molecule has 3 N–H and O–H groups in total. The van der Waals surface area contributed by atoms with Gasteiger partial charge in [0.1, 0.15) is 0 Å². The monoisotopic (exact) mass is 362 g/mol. The van der Waals surface area contributed by atoms with Crippen LogP contribution in [0.3, 0.4) is 0 Å². The number of hydrogen-bond donors (Lipinski definition) is 3. The van der Waals surface area contributed by atoms with Crippen molar-refractivity contribution in [1.29, 1.82) is 0 Å². The predicted octanol–water partition coefficient (Wildman–Crippen LogP) is 4.13. The summed E-state index contributed by atoms with van der Waals surface area (Å²) < 4.78 is 0. The summed E-state index contributed by atoms with van der Waals surface area (Å²) >= 11 is 0. The Labute approximate surface area is 158 Å². The molecule has 0 spiro atoms. The van der Waals surface area contributed by atoms with Gasteiger partial charge in [-0.2, -0.15) is 0 Å². The van der Waals surface area contributed by atoms with E-state index in [0.717, 1.165) is 29.7 Å². The van der Waals surface area contributed by atoms with E-state index >= 15 is 0 Å². The lowest BCUT2D eigenvalue weighted by Crippen LogP contribution is -2.31. The second-order valence-electron chi connectivity index (χ2n) is 7.11. The highest BCUT2D eigenvalue weighted by Crippen LogP contribution is 2.37. The molecule has 2 aromatic carbocycles. The molecular weight excluding hydrogens is 340 g/mol. The fourth-order valence-electron chi connectivity index (χ4n) is 3.91. The molecule has 0 radical (unpaired) electrons. The largest absolute Gasteiger partial charge is 0.478 e. The predicted molar refractivity (Wildman–Crippen MR) is 105 cm³/mol. The Hall–Kier alpha value is -3.08. The summed E-state index contributed by atoms with van der Waals surface area (Å²) in [6.07, 6.45) is 5.84. The second kappa shape index (κ2) is 7.27. The fraction of sp³-hybridized carbons (Fsp3) is 0.273. The minimum absolute atomic E-state index is 0.164. The Kier molecular flexibility index (Phi) is 4.67. The van der Waals surface area contributed by atoms with Crippen LogP contribution in [0.5, 0.6) is 0 Å². The summed E-state index contributed by atoms with van der Waals surface area (Å²) in [5, 5.41) is 15.7. The van der Waals surface area contributed by atoms with Crippen molar-refractivity contribution in [1.82, 2.24) is 5.32 Å². The lowest BCUT2D eigenvalue weighted by Gasteiger charge is -2.26. The normalized spacial score (nSPS) is 18.6. The number of aromatic carboxylic acids is 1. The molecule has 2 aromatic rings. The molecule has 0 aromatic heterocycles. The summed E-state index contributed by atoms with van der Waals surface area (Å²) in [7, 11) is 0. The molecular formula is C22H22N2O3. The van der Waals surface area contributed by atoms with E-state index in [1.165, 1.54) is 25.3 Å². The topological polar surface area (TPSA) is 78.4 Å². The number of carbonyl (C=O) groups excluding carboxylic acids is 1. The van der Waals surface area contributed by atoms with Crippen molar-refractivity contribution >= 4 is 28.8 Å². The quantitative estimate of drug-likeness (QED) is 0.715. The van der Waals surface area contributed by atoms with Gasteiger partial charge in [0.25, 0.3) is 5.91 Å². The minimum Gasteiger partial charge on any atom is -0.478 e. The molecule has 1 saturated carbocycles. The highest BCUT2D eigenvalue weighted by molar-refractivity contribution is 6.36. The number of carbonyl (C=O) groups is 2. The number of nitrogens with one attached hydrogen (secondary N) is 2. The number of carboxylic acid groups (broad SMARTS) is 1. The van der Waals surface area contributed by atoms with Gasteiger partial charge in [0.15, 0.2) is 0 Å². The molecule has 0 atom stereocenters. The molecule has 4 rings (SSSR count). The van der Waals surface area contributed by atoms with E-state index in [4.69, 9.17) is 0 Å². The van der Waals surface area contributed by atoms with E-state index in [1.807, 2.05) is 30.3 Å². The third-order valence-corrected chi connectivity index (χ3v) is 5.28. The average molecular weight is 362 g/mol. The molecule has 1 amide bonds. The fourth-order valence-corrected chi connectivity index (χ4v) is 3.91. The Bertz CT molecular complexity index is 912. The van der Waals surface area contributed by atoms with Crippen LogP contribution >= 0.6 is 0 Å². The van der Waals surface area contributed by atoms with Crippen molar-refractivity contribution in [3.05, 3.63) is 65.2 Å². The summed E-state index contributed by atoms with van der Waals surface area (Å²) in [4.78, 5) is 24.1. The van der Waals surface area contributed by atoms with Crippen LogP contribution in [0.2, 0.25) is 0 Å². The van der Waals surface area contributed by atoms with Crippen LogP contribution in [0.25, 0.3) is 11.3 Å². The molecule has 138 valence electrons. The maximum Gasteiger partial charge on any atom is 0.335 e. The van der Waals surface area contributed by atoms with Gasteiger partial charge < -0.3 is 15.7 Å². The number of hydrogen-bond acceptors (Lipinski definition) is 3. The Balaban J connectivity index is 1.82. The second-order valence-corrected chi connectivity index (χ2v) is 7.11. The van der Waals surface area contributed by atoms with Gasteiger partial charge >= 0.3 is 5.97 Å². The first-order valence-electron chi connectivity index (χ1n) is 9.39. The van der Waals surface area contributed by atoms with Crippen molar-refractivity contribution in [3.8, 4) is 0 Å². The van der Waals surface area contributed by atoms with Gasteiger partial charge in [0, 0.05) is 11.6 Å². The van der Waals surface area contributed by atoms with Gasteiger partial charge in [-0.1, -0.05) is 55.7 Å². The zero-order valence-electron chi connectivity index (χ0n) is 15.0. The van der Waals surface area contributed by atoms with E-state index in [2.05, 4.69) is 10.6 Å². The number of fused-ring (bicyclic) bond motifs is 1. The average Bonchev–Trinajstić information content (AvgIpc) is 3.02. The van der Waals surface area contributed by atoms with E-state index in [0.29, 0.717) is 17.3 Å². The molecule has 1 fully saturated rings. The van der Waals surface area contributed by atoms with Crippen LogP contribution in [-0.2, 0) is 4.79 Å². The van der Waals surface area contributed by atoms with Crippen molar-refractivity contribution in [2.75, 3.05) is 5.32 Å². The van der Waals surface area contributed by atoms with E-state index in [-0.39, 0.29) is 11.5 Å². The third kappa shape index (κ3) is 3.45. The van der Waals surface area contributed by atoms with Gasteiger partial charge in [-0.3, -0.25) is 4.79 Å². The first-order chi connectivity index (χ1) is 13.1. The lowest BCUT2D eigenvalue weighted by atomic mass is 9.93. The summed E-state index contributed by atoms with van der Waals surface area (Å²) in [5.41, 5.74) is 3.82. The van der Waals surface area contributed by atoms with Crippen LogP contribution < -0.4 is 10.6 Å². The number of benzene rings is 2. The van der Waals surface area contributed by atoms with Gasteiger partial charge in [0.2, 0.25) is 0 Å². The summed E-state index contributed by atoms with van der Waals surface area (Å²) in [6.45, 7) is 0. The smallest absolute Gasteiger partial charge is 0.335 e. The van der Waals surface area contributed by atoms with Gasteiger partial charge in [0.05, 0.1) is 22.5 Å². The lowest BCUT2D eigenvalue weighted by molar-refractivity contribution is -0.110. The molecule has 27 heavy (non-hydrogen) atoms.